The standard InChI is InChI=1S/C13H18N2O2/c1-8(16)12(14)7-15-13(17)11-6-9-4-2-3-5-10(9)11/h2-5,8,11-12,16H,6-7,14H2,1H3,(H,15,17). The van der Waals surface area contributed by atoms with E-state index in [-0.39, 0.29) is 11.8 Å². The van der Waals surface area contributed by atoms with Crippen LogP contribution in [0.4, 0.5) is 0 Å². The molecule has 0 fully saturated rings. The molecule has 0 bridgehead atoms. The van der Waals surface area contributed by atoms with Gasteiger partial charge in [0.25, 0.3) is 0 Å². The van der Waals surface area contributed by atoms with Gasteiger partial charge in [-0.3, -0.25) is 4.79 Å². The molecule has 0 spiro atoms. The fraction of sp³-hybridized carbons (Fsp3) is 0.462. The van der Waals surface area contributed by atoms with Crippen molar-refractivity contribution in [2.24, 2.45) is 5.73 Å². The molecular formula is C13H18N2O2. The molecule has 17 heavy (non-hydrogen) atoms. The quantitative estimate of drug-likeness (QED) is 0.694. The Bertz CT molecular complexity index is 418. The van der Waals surface area contributed by atoms with Gasteiger partial charge in [-0.1, -0.05) is 24.3 Å². The summed E-state index contributed by atoms with van der Waals surface area (Å²) in [5, 5.41) is 12.0. The Balaban J connectivity index is 1.88. The zero-order valence-corrected chi connectivity index (χ0v) is 9.89. The number of nitrogens with one attached hydrogen (secondary N) is 1. The summed E-state index contributed by atoms with van der Waals surface area (Å²) in [7, 11) is 0. The number of hydrogen-bond acceptors (Lipinski definition) is 3. The van der Waals surface area contributed by atoms with Gasteiger partial charge in [-0.25, -0.2) is 0 Å². The highest BCUT2D eigenvalue weighted by atomic mass is 16.3. The highest BCUT2D eigenvalue weighted by Gasteiger charge is 2.31. The fourth-order valence-electron chi connectivity index (χ4n) is 2.00. The van der Waals surface area contributed by atoms with Crippen LogP contribution in [0.25, 0.3) is 0 Å². The lowest BCUT2D eigenvalue weighted by atomic mass is 9.77. The lowest BCUT2D eigenvalue weighted by Crippen LogP contribution is -2.46. The van der Waals surface area contributed by atoms with E-state index in [1.165, 1.54) is 5.56 Å². The number of fused-ring (bicyclic) bond motifs is 1. The van der Waals surface area contributed by atoms with Crippen molar-refractivity contribution in [3.8, 4) is 0 Å². The molecule has 0 aliphatic heterocycles. The second-order valence-corrected chi connectivity index (χ2v) is 4.61. The number of carbonyl (C=O) groups excluding carboxylic acids is 1. The number of aliphatic hydroxyl groups excluding tert-OH is 1. The molecule has 3 atom stereocenters. The zero-order valence-electron chi connectivity index (χ0n) is 9.89. The van der Waals surface area contributed by atoms with Crippen LogP contribution < -0.4 is 11.1 Å². The Labute approximate surface area is 101 Å². The lowest BCUT2D eigenvalue weighted by Gasteiger charge is -2.29. The molecule has 1 aliphatic rings. The molecule has 3 unspecified atom stereocenters. The van der Waals surface area contributed by atoms with Gasteiger partial charge in [0.05, 0.1) is 12.0 Å². The first kappa shape index (κ1) is 12.1. The minimum Gasteiger partial charge on any atom is -0.392 e. The number of hydrogen-bond donors (Lipinski definition) is 3. The van der Waals surface area contributed by atoms with Gasteiger partial charge in [0.2, 0.25) is 5.91 Å². The SMILES string of the molecule is CC(O)C(N)CNC(=O)C1Cc2ccccc21. The van der Waals surface area contributed by atoms with Crippen molar-refractivity contribution in [3.63, 3.8) is 0 Å². The van der Waals surface area contributed by atoms with Crippen LogP contribution in [0.1, 0.15) is 24.0 Å². The summed E-state index contributed by atoms with van der Waals surface area (Å²) in [5.41, 5.74) is 8.00. The molecular weight excluding hydrogens is 216 g/mol. The van der Waals surface area contributed by atoms with Crippen LogP contribution in [0.3, 0.4) is 0 Å². The van der Waals surface area contributed by atoms with Crippen molar-refractivity contribution in [1.82, 2.24) is 5.32 Å². The molecule has 1 aliphatic carbocycles. The van der Waals surface area contributed by atoms with E-state index in [1.807, 2.05) is 24.3 Å². The van der Waals surface area contributed by atoms with Gasteiger partial charge in [-0.15, -0.1) is 0 Å². The molecule has 0 radical (unpaired) electrons. The first-order valence-corrected chi connectivity index (χ1v) is 5.88. The average molecular weight is 234 g/mol. The number of carbonyl (C=O) groups is 1. The molecule has 1 amide bonds. The van der Waals surface area contributed by atoms with Crippen LogP contribution in [-0.4, -0.2) is 29.7 Å². The second-order valence-electron chi connectivity index (χ2n) is 4.61. The van der Waals surface area contributed by atoms with E-state index in [1.54, 1.807) is 6.92 Å². The third-order valence-electron chi connectivity index (χ3n) is 3.30. The molecule has 1 aromatic rings. The number of rotatable bonds is 4. The molecule has 0 aromatic heterocycles. The van der Waals surface area contributed by atoms with E-state index in [0.717, 1.165) is 12.0 Å². The third kappa shape index (κ3) is 2.48. The molecule has 2 rings (SSSR count). The van der Waals surface area contributed by atoms with Crippen molar-refractivity contribution >= 4 is 5.91 Å². The van der Waals surface area contributed by atoms with Gasteiger partial charge >= 0.3 is 0 Å². The van der Waals surface area contributed by atoms with Crippen molar-refractivity contribution in [2.75, 3.05) is 6.54 Å². The Morgan fingerprint density at radius 3 is 2.94 bits per heavy atom. The van der Waals surface area contributed by atoms with Gasteiger partial charge < -0.3 is 16.2 Å². The predicted octanol–water partition coefficient (Wildman–Crippen LogP) is 0.151. The van der Waals surface area contributed by atoms with E-state index >= 15 is 0 Å². The van der Waals surface area contributed by atoms with Crippen molar-refractivity contribution in [3.05, 3.63) is 35.4 Å². The zero-order chi connectivity index (χ0) is 12.4. The smallest absolute Gasteiger partial charge is 0.227 e. The number of nitrogens with two attached hydrogens (primary N) is 1. The lowest BCUT2D eigenvalue weighted by molar-refractivity contribution is -0.123. The molecule has 0 heterocycles. The largest absolute Gasteiger partial charge is 0.392 e. The minimum absolute atomic E-state index is 0.000185. The Morgan fingerprint density at radius 2 is 2.29 bits per heavy atom. The van der Waals surface area contributed by atoms with Crippen LogP contribution in [-0.2, 0) is 11.2 Å². The van der Waals surface area contributed by atoms with Gasteiger partial charge in [-0.2, -0.15) is 0 Å². The third-order valence-corrected chi connectivity index (χ3v) is 3.30. The van der Waals surface area contributed by atoms with Crippen LogP contribution >= 0.6 is 0 Å². The first-order valence-electron chi connectivity index (χ1n) is 5.88. The maximum atomic E-state index is 11.9. The maximum absolute atomic E-state index is 11.9. The van der Waals surface area contributed by atoms with Crippen molar-refractivity contribution in [2.45, 2.75) is 31.4 Å². The summed E-state index contributed by atoms with van der Waals surface area (Å²) >= 11 is 0. The normalized spacial score (nSPS) is 21.0. The predicted molar refractivity (Wildman–Crippen MR) is 65.6 cm³/mol. The van der Waals surface area contributed by atoms with E-state index in [9.17, 15) is 9.90 Å². The van der Waals surface area contributed by atoms with Crippen LogP contribution in [0, 0.1) is 0 Å². The molecule has 4 N–H and O–H groups in total. The minimum atomic E-state index is -0.607. The molecule has 4 nitrogen and oxygen atoms in total. The topological polar surface area (TPSA) is 75.3 Å². The Kier molecular flexibility index (Phi) is 3.45. The van der Waals surface area contributed by atoms with E-state index in [0.29, 0.717) is 6.54 Å². The van der Waals surface area contributed by atoms with E-state index < -0.39 is 12.1 Å². The summed E-state index contributed by atoms with van der Waals surface area (Å²) in [6.07, 6.45) is 0.190. The molecule has 1 aromatic carbocycles. The second kappa shape index (κ2) is 4.85. The van der Waals surface area contributed by atoms with E-state index in [2.05, 4.69) is 5.32 Å². The number of amides is 1. The van der Waals surface area contributed by atoms with Crippen molar-refractivity contribution < 1.29 is 9.90 Å². The Morgan fingerprint density at radius 1 is 1.59 bits per heavy atom. The summed E-state index contributed by atoms with van der Waals surface area (Å²) in [6.45, 7) is 1.94. The van der Waals surface area contributed by atoms with Gasteiger partial charge in [0.1, 0.15) is 0 Å². The van der Waals surface area contributed by atoms with Gasteiger partial charge in [-0.05, 0) is 24.5 Å². The summed E-state index contributed by atoms with van der Waals surface area (Å²) in [5.74, 6) is -0.0489. The highest BCUT2D eigenvalue weighted by Crippen LogP contribution is 2.34. The molecule has 0 saturated heterocycles. The first-order chi connectivity index (χ1) is 8.09. The number of benzene rings is 1. The van der Waals surface area contributed by atoms with Gasteiger partial charge in [0.15, 0.2) is 0 Å². The van der Waals surface area contributed by atoms with Crippen LogP contribution in [0.5, 0.6) is 0 Å². The van der Waals surface area contributed by atoms with Crippen LogP contribution in [0.15, 0.2) is 24.3 Å². The van der Waals surface area contributed by atoms with Crippen molar-refractivity contribution in [1.29, 1.82) is 0 Å². The van der Waals surface area contributed by atoms with E-state index in [4.69, 9.17) is 5.73 Å². The highest BCUT2D eigenvalue weighted by molar-refractivity contribution is 5.86. The monoisotopic (exact) mass is 234 g/mol. The summed E-state index contributed by atoms with van der Waals surface area (Å²) in [6, 6.07) is 7.54. The number of aliphatic hydroxyl groups is 1. The average Bonchev–Trinajstić information content (AvgIpc) is 2.27. The van der Waals surface area contributed by atoms with Gasteiger partial charge in [0, 0.05) is 12.6 Å². The molecule has 0 saturated carbocycles. The maximum Gasteiger partial charge on any atom is 0.227 e. The summed E-state index contributed by atoms with van der Waals surface area (Å²) < 4.78 is 0. The summed E-state index contributed by atoms with van der Waals surface area (Å²) in [4.78, 5) is 11.9. The Hall–Kier alpha value is -1.39. The molecule has 4 heteroatoms. The molecule has 92 valence electrons. The fourth-order valence-corrected chi connectivity index (χ4v) is 2.00. The van der Waals surface area contributed by atoms with Crippen LogP contribution in [0.2, 0.25) is 0 Å².